The lowest BCUT2D eigenvalue weighted by Gasteiger charge is -2.32. The molecule has 0 spiro atoms. The number of rotatable bonds is 5. The topological polar surface area (TPSA) is 92.5 Å². The third kappa shape index (κ3) is 4.28. The summed E-state index contributed by atoms with van der Waals surface area (Å²) >= 11 is 5.94. The van der Waals surface area contributed by atoms with Gasteiger partial charge in [0.15, 0.2) is 5.82 Å². The summed E-state index contributed by atoms with van der Waals surface area (Å²) in [6.07, 6.45) is 1.44. The first-order valence-electron chi connectivity index (χ1n) is 6.88. The molecule has 0 bridgehead atoms. The van der Waals surface area contributed by atoms with Gasteiger partial charge in [-0.1, -0.05) is 18.5 Å². The molecule has 8 heteroatoms. The van der Waals surface area contributed by atoms with Gasteiger partial charge in [-0.3, -0.25) is 9.69 Å². The second kappa shape index (κ2) is 7.56. The van der Waals surface area contributed by atoms with E-state index in [1.165, 1.54) is 12.3 Å². The minimum absolute atomic E-state index is 0.0102. The van der Waals surface area contributed by atoms with Crippen molar-refractivity contribution in [3.8, 4) is 0 Å². The largest absolute Gasteiger partial charge is 0.374 e. The van der Waals surface area contributed by atoms with Gasteiger partial charge in [0, 0.05) is 25.8 Å². The predicted molar refractivity (Wildman–Crippen MR) is 81.2 cm³/mol. The van der Waals surface area contributed by atoms with Gasteiger partial charge in [0.05, 0.1) is 23.3 Å². The van der Waals surface area contributed by atoms with E-state index < -0.39 is 0 Å². The molecule has 1 fully saturated rings. The Bertz CT molecular complexity index is 499. The molecule has 0 aromatic carbocycles. The molecule has 116 valence electrons. The summed E-state index contributed by atoms with van der Waals surface area (Å²) in [7, 11) is 0. The molecule has 2 heterocycles. The molecule has 0 saturated carbocycles. The lowest BCUT2D eigenvalue weighted by molar-refractivity contribution is -0.0246. The van der Waals surface area contributed by atoms with Crippen molar-refractivity contribution in [3.05, 3.63) is 22.8 Å². The zero-order chi connectivity index (χ0) is 15.2. The molecule has 1 aromatic heterocycles. The highest BCUT2D eigenvalue weighted by Gasteiger charge is 2.20. The van der Waals surface area contributed by atoms with Crippen LogP contribution in [-0.2, 0) is 4.74 Å². The number of aromatic nitrogens is 1. The molecule has 1 aliphatic heterocycles. The highest BCUT2D eigenvalue weighted by molar-refractivity contribution is 6.33. The molecule has 1 saturated heterocycles. The summed E-state index contributed by atoms with van der Waals surface area (Å²) in [5.74, 6) is 5.34. The van der Waals surface area contributed by atoms with Crippen molar-refractivity contribution >= 4 is 23.3 Å². The zero-order valence-corrected chi connectivity index (χ0v) is 12.7. The maximum atomic E-state index is 12.1. The smallest absolute Gasteiger partial charge is 0.252 e. The molecule has 0 aliphatic carbocycles. The molecule has 1 unspecified atom stereocenters. The molecule has 1 aromatic rings. The van der Waals surface area contributed by atoms with Gasteiger partial charge in [-0.2, -0.15) is 0 Å². The number of ether oxygens (including phenoxy) is 1. The lowest BCUT2D eigenvalue weighted by atomic mass is 10.2. The van der Waals surface area contributed by atoms with Crippen LogP contribution in [0.4, 0.5) is 5.82 Å². The number of likely N-dealkylation sites (N-methyl/N-ethyl adjacent to an activating group) is 1. The highest BCUT2D eigenvalue weighted by atomic mass is 35.5. The minimum atomic E-state index is -0.231. The summed E-state index contributed by atoms with van der Waals surface area (Å²) in [5.41, 5.74) is 2.75. The van der Waals surface area contributed by atoms with Crippen LogP contribution in [0.15, 0.2) is 12.3 Å². The first kappa shape index (κ1) is 16.0. The number of morpholine rings is 1. The predicted octanol–water partition coefficient (Wildman–Crippen LogP) is 0.471. The molecule has 1 aliphatic rings. The van der Waals surface area contributed by atoms with Crippen LogP contribution < -0.4 is 16.6 Å². The van der Waals surface area contributed by atoms with Crippen molar-refractivity contribution in [1.82, 2.24) is 15.2 Å². The number of nitrogens with zero attached hydrogens (tertiary/aromatic N) is 2. The average molecular weight is 314 g/mol. The summed E-state index contributed by atoms with van der Waals surface area (Å²) in [4.78, 5) is 18.3. The van der Waals surface area contributed by atoms with Gasteiger partial charge in [-0.05, 0) is 12.6 Å². The monoisotopic (exact) mass is 313 g/mol. The Balaban J connectivity index is 1.88. The number of hydrogen-bond acceptors (Lipinski definition) is 6. The maximum absolute atomic E-state index is 12.1. The van der Waals surface area contributed by atoms with Gasteiger partial charge < -0.3 is 15.5 Å². The zero-order valence-electron chi connectivity index (χ0n) is 11.9. The van der Waals surface area contributed by atoms with Crippen LogP contribution in [0.5, 0.6) is 0 Å². The molecule has 2 rings (SSSR count). The number of pyridine rings is 1. The van der Waals surface area contributed by atoms with Crippen LogP contribution in [0, 0.1) is 0 Å². The Kier molecular flexibility index (Phi) is 5.75. The average Bonchev–Trinajstić information content (AvgIpc) is 2.52. The number of anilines is 1. The molecular weight excluding hydrogens is 294 g/mol. The summed E-state index contributed by atoms with van der Waals surface area (Å²) in [6.45, 7) is 6.02. The van der Waals surface area contributed by atoms with Crippen molar-refractivity contribution in [3.63, 3.8) is 0 Å². The molecule has 1 atom stereocenters. The number of nitrogen functional groups attached to an aromatic ring is 1. The van der Waals surface area contributed by atoms with Crippen LogP contribution >= 0.6 is 11.6 Å². The van der Waals surface area contributed by atoms with Crippen molar-refractivity contribution in [1.29, 1.82) is 0 Å². The van der Waals surface area contributed by atoms with Crippen LogP contribution in [0.3, 0.4) is 0 Å². The molecule has 4 N–H and O–H groups in total. The van der Waals surface area contributed by atoms with Gasteiger partial charge in [0.1, 0.15) is 0 Å². The number of nitrogens with two attached hydrogens (primary N) is 1. The van der Waals surface area contributed by atoms with E-state index >= 15 is 0 Å². The van der Waals surface area contributed by atoms with Crippen molar-refractivity contribution in [2.75, 3.05) is 38.2 Å². The molecule has 21 heavy (non-hydrogen) atoms. The summed E-state index contributed by atoms with van der Waals surface area (Å²) in [6, 6.07) is 1.53. The second-order valence-electron chi connectivity index (χ2n) is 4.79. The number of halogens is 1. The van der Waals surface area contributed by atoms with E-state index in [0.29, 0.717) is 29.6 Å². The third-order valence-electron chi connectivity index (χ3n) is 3.40. The fourth-order valence-electron chi connectivity index (χ4n) is 2.17. The lowest BCUT2D eigenvalue weighted by Crippen LogP contribution is -2.47. The number of hydrazine groups is 1. The number of carbonyl (C=O) groups is 1. The van der Waals surface area contributed by atoms with Gasteiger partial charge in [-0.25, -0.2) is 10.8 Å². The molecule has 7 nitrogen and oxygen atoms in total. The minimum Gasteiger partial charge on any atom is -0.374 e. The van der Waals surface area contributed by atoms with Crippen LogP contribution in [-0.4, -0.2) is 54.7 Å². The van der Waals surface area contributed by atoms with Crippen molar-refractivity contribution in [2.45, 2.75) is 13.0 Å². The van der Waals surface area contributed by atoms with Crippen LogP contribution in [0.2, 0.25) is 5.02 Å². The Morgan fingerprint density at radius 3 is 3.14 bits per heavy atom. The van der Waals surface area contributed by atoms with E-state index in [0.717, 1.165) is 19.6 Å². The number of amides is 1. The Hall–Kier alpha value is -1.41. The normalized spacial score (nSPS) is 19.3. The van der Waals surface area contributed by atoms with E-state index in [-0.39, 0.29) is 12.0 Å². The fraction of sp³-hybridized carbons (Fsp3) is 0.538. The summed E-state index contributed by atoms with van der Waals surface area (Å²) < 4.78 is 5.63. The third-order valence-corrected chi connectivity index (χ3v) is 3.69. The number of hydrogen-bond donors (Lipinski definition) is 3. The number of nitrogens with one attached hydrogen (secondary N) is 2. The number of carbonyl (C=O) groups excluding carboxylic acids is 1. The van der Waals surface area contributed by atoms with Crippen molar-refractivity contribution in [2.24, 2.45) is 5.84 Å². The molecule has 1 amide bonds. The van der Waals surface area contributed by atoms with E-state index in [4.69, 9.17) is 22.2 Å². The fourth-order valence-corrected chi connectivity index (χ4v) is 2.39. The summed E-state index contributed by atoms with van der Waals surface area (Å²) in [5, 5.41) is 3.14. The first-order chi connectivity index (χ1) is 10.1. The second-order valence-corrected chi connectivity index (χ2v) is 5.20. The van der Waals surface area contributed by atoms with E-state index in [2.05, 4.69) is 27.6 Å². The van der Waals surface area contributed by atoms with Gasteiger partial charge >= 0.3 is 0 Å². The van der Waals surface area contributed by atoms with E-state index in [1.807, 2.05) is 0 Å². The maximum Gasteiger partial charge on any atom is 0.252 e. The van der Waals surface area contributed by atoms with Crippen LogP contribution in [0.1, 0.15) is 17.3 Å². The van der Waals surface area contributed by atoms with Crippen LogP contribution in [0.25, 0.3) is 0 Å². The Morgan fingerprint density at radius 1 is 1.67 bits per heavy atom. The quantitative estimate of drug-likeness (QED) is 0.540. The van der Waals surface area contributed by atoms with Gasteiger partial charge in [0.2, 0.25) is 0 Å². The van der Waals surface area contributed by atoms with Crippen molar-refractivity contribution < 1.29 is 9.53 Å². The SMILES string of the molecule is CCN1CCOC(CNC(=O)c2cnc(NN)c(Cl)c2)C1. The van der Waals surface area contributed by atoms with E-state index in [1.54, 1.807) is 0 Å². The van der Waals surface area contributed by atoms with Gasteiger partial charge in [0.25, 0.3) is 5.91 Å². The highest BCUT2D eigenvalue weighted by Crippen LogP contribution is 2.18. The van der Waals surface area contributed by atoms with Gasteiger partial charge in [-0.15, -0.1) is 0 Å². The molecule has 0 radical (unpaired) electrons. The first-order valence-corrected chi connectivity index (χ1v) is 7.26. The Labute approximate surface area is 128 Å². The molecular formula is C13H20ClN5O2. The van der Waals surface area contributed by atoms with E-state index in [9.17, 15) is 4.79 Å². The standard InChI is InChI=1S/C13H20ClN5O2/c1-2-19-3-4-21-10(8-19)7-17-13(20)9-5-11(14)12(18-15)16-6-9/h5-6,10H,2-4,7-8,15H2,1H3,(H,16,18)(H,17,20). The Morgan fingerprint density at radius 2 is 2.48 bits per heavy atom.